The van der Waals surface area contributed by atoms with Crippen LogP contribution >= 0.6 is 0 Å². The Balaban J connectivity index is 1.73. The van der Waals surface area contributed by atoms with Crippen molar-refractivity contribution in [3.05, 3.63) is 35.4 Å². The SMILES string of the molecule is O=C1C[C@@H](N2C(=O)c3ccccc3C2=O)[C@@H]2CCCN12. The highest BCUT2D eigenvalue weighted by Gasteiger charge is 2.50. The molecule has 1 aromatic rings. The molecule has 2 atom stereocenters. The van der Waals surface area contributed by atoms with Crippen LogP contribution in [0.1, 0.15) is 40.0 Å². The molecule has 0 radical (unpaired) electrons. The summed E-state index contributed by atoms with van der Waals surface area (Å²) in [6.07, 6.45) is 2.11. The highest BCUT2D eigenvalue weighted by atomic mass is 16.2. The number of benzene rings is 1. The molecule has 0 aliphatic carbocycles. The molecule has 3 aliphatic rings. The second-order valence-electron chi connectivity index (χ2n) is 5.59. The van der Waals surface area contributed by atoms with Gasteiger partial charge in [-0.05, 0) is 25.0 Å². The summed E-state index contributed by atoms with van der Waals surface area (Å²) >= 11 is 0. The van der Waals surface area contributed by atoms with E-state index in [0.717, 1.165) is 19.4 Å². The van der Waals surface area contributed by atoms with E-state index in [-0.39, 0.29) is 36.2 Å². The van der Waals surface area contributed by atoms with Gasteiger partial charge < -0.3 is 4.90 Å². The van der Waals surface area contributed by atoms with Crippen molar-refractivity contribution >= 4 is 17.7 Å². The molecule has 4 rings (SSSR count). The van der Waals surface area contributed by atoms with Gasteiger partial charge in [-0.1, -0.05) is 12.1 Å². The highest BCUT2D eigenvalue weighted by Crippen LogP contribution is 2.36. The summed E-state index contributed by atoms with van der Waals surface area (Å²) in [5, 5.41) is 0. The molecule has 20 heavy (non-hydrogen) atoms. The molecule has 0 unspecified atom stereocenters. The van der Waals surface area contributed by atoms with Crippen LogP contribution in [0.4, 0.5) is 0 Å². The Hall–Kier alpha value is -2.17. The van der Waals surface area contributed by atoms with Crippen molar-refractivity contribution in [3.63, 3.8) is 0 Å². The predicted molar refractivity (Wildman–Crippen MR) is 70.1 cm³/mol. The molecule has 5 nitrogen and oxygen atoms in total. The molecule has 3 amide bonds. The van der Waals surface area contributed by atoms with Gasteiger partial charge >= 0.3 is 0 Å². The molecule has 3 aliphatic heterocycles. The molecule has 3 heterocycles. The van der Waals surface area contributed by atoms with E-state index in [2.05, 4.69) is 0 Å². The maximum absolute atomic E-state index is 12.5. The molecule has 0 aromatic heterocycles. The molecule has 102 valence electrons. The van der Waals surface area contributed by atoms with Crippen molar-refractivity contribution < 1.29 is 14.4 Å². The number of carbonyl (C=O) groups is 3. The number of amides is 3. The van der Waals surface area contributed by atoms with Gasteiger partial charge in [-0.3, -0.25) is 19.3 Å². The summed E-state index contributed by atoms with van der Waals surface area (Å²) < 4.78 is 0. The largest absolute Gasteiger partial charge is 0.338 e. The van der Waals surface area contributed by atoms with E-state index in [4.69, 9.17) is 0 Å². The maximum Gasteiger partial charge on any atom is 0.261 e. The average Bonchev–Trinajstić information content (AvgIpc) is 3.10. The van der Waals surface area contributed by atoms with Gasteiger partial charge in [0.05, 0.1) is 23.2 Å². The minimum Gasteiger partial charge on any atom is -0.338 e. The first kappa shape index (κ1) is 11.6. The van der Waals surface area contributed by atoms with Gasteiger partial charge in [0, 0.05) is 13.0 Å². The molecule has 1 aromatic carbocycles. The third-order valence-electron chi connectivity index (χ3n) is 4.60. The normalized spacial score (nSPS) is 28.3. The second-order valence-corrected chi connectivity index (χ2v) is 5.59. The van der Waals surface area contributed by atoms with E-state index >= 15 is 0 Å². The quantitative estimate of drug-likeness (QED) is 0.717. The number of fused-ring (bicyclic) bond motifs is 2. The van der Waals surface area contributed by atoms with Gasteiger partial charge in [-0.25, -0.2) is 0 Å². The Morgan fingerprint density at radius 3 is 2.25 bits per heavy atom. The lowest BCUT2D eigenvalue weighted by molar-refractivity contribution is -0.127. The Labute approximate surface area is 116 Å². The summed E-state index contributed by atoms with van der Waals surface area (Å²) in [6.45, 7) is 0.753. The molecule has 0 saturated carbocycles. The van der Waals surface area contributed by atoms with Crippen LogP contribution in [0.15, 0.2) is 24.3 Å². The second kappa shape index (κ2) is 3.91. The van der Waals surface area contributed by atoms with Crippen molar-refractivity contribution in [3.8, 4) is 0 Å². The smallest absolute Gasteiger partial charge is 0.261 e. The van der Waals surface area contributed by atoms with Crippen LogP contribution in [-0.4, -0.2) is 46.1 Å². The zero-order valence-electron chi connectivity index (χ0n) is 10.9. The summed E-state index contributed by atoms with van der Waals surface area (Å²) in [5.74, 6) is -0.441. The predicted octanol–water partition coefficient (Wildman–Crippen LogP) is 1.05. The zero-order valence-corrected chi connectivity index (χ0v) is 10.9. The molecule has 0 N–H and O–H groups in total. The van der Waals surface area contributed by atoms with Crippen molar-refractivity contribution in [1.29, 1.82) is 0 Å². The van der Waals surface area contributed by atoms with Gasteiger partial charge in [0.2, 0.25) is 5.91 Å². The number of imide groups is 1. The Morgan fingerprint density at radius 2 is 1.60 bits per heavy atom. The van der Waals surface area contributed by atoms with Crippen LogP contribution in [-0.2, 0) is 4.79 Å². The molecular formula is C15H14N2O3. The standard InChI is InChI=1S/C15H14N2O3/c18-13-8-12(11-6-3-7-16(11)13)17-14(19)9-4-1-2-5-10(9)15(17)20/h1-2,4-5,11-12H,3,6-8H2/t11-,12+/m0/s1. The average molecular weight is 270 g/mol. The summed E-state index contributed by atoms with van der Waals surface area (Å²) in [5.41, 5.74) is 0.919. The van der Waals surface area contributed by atoms with Crippen molar-refractivity contribution in [2.45, 2.75) is 31.3 Å². The number of carbonyl (C=O) groups excluding carboxylic acids is 3. The van der Waals surface area contributed by atoms with Crippen LogP contribution in [0.25, 0.3) is 0 Å². The Bertz CT molecular complexity index is 605. The minimum absolute atomic E-state index is 0.0183. The zero-order chi connectivity index (χ0) is 13.9. The van der Waals surface area contributed by atoms with Gasteiger partial charge in [0.1, 0.15) is 0 Å². The van der Waals surface area contributed by atoms with Crippen LogP contribution in [0.2, 0.25) is 0 Å². The van der Waals surface area contributed by atoms with E-state index in [0.29, 0.717) is 11.1 Å². The highest BCUT2D eigenvalue weighted by molar-refractivity contribution is 6.21. The van der Waals surface area contributed by atoms with Gasteiger partial charge in [-0.2, -0.15) is 0 Å². The van der Waals surface area contributed by atoms with Gasteiger partial charge in [-0.15, -0.1) is 0 Å². The number of nitrogens with zero attached hydrogens (tertiary/aromatic N) is 2. The topological polar surface area (TPSA) is 57.7 Å². The Morgan fingerprint density at radius 1 is 0.950 bits per heavy atom. The molecule has 2 saturated heterocycles. The van der Waals surface area contributed by atoms with Crippen LogP contribution in [0, 0.1) is 0 Å². The molecule has 5 heteroatoms. The van der Waals surface area contributed by atoms with Crippen molar-refractivity contribution in [2.75, 3.05) is 6.54 Å². The third-order valence-corrected chi connectivity index (χ3v) is 4.60. The van der Waals surface area contributed by atoms with Crippen LogP contribution < -0.4 is 0 Å². The first-order valence-electron chi connectivity index (χ1n) is 6.95. The minimum atomic E-state index is -0.294. The monoisotopic (exact) mass is 270 g/mol. The lowest BCUT2D eigenvalue weighted by Gasteiger charge is -2.27. The number of hydrogen-bond acceptors (Lipinski definition) is 3. The van der Waals surface area contributed by atoms with E-state index in [1.54, 1.807) is 24.3 Å². The fourth-order valence-electron chi connectivity index (χ4n) is 3.71. The van der Waals surface area contributed by atoms with E-state index in [9.17, 15) is 14.4 Å². The van der Waals surface area contributed by atoms with E-state index in [1.807, 2.05) is 4.90 Å². The Kier molecular flexibility index (Phi) is 2.28. The van der Waals surface area contributed by atoms with Gasteiger partial charge in [0.15, 0.2) is 0 Å². The third kappa shape index (κ3) is 1.35. The number of rotatable bonds is 1. The molecular weight excluding hydrogens is 256 g/mol. The lowest BCUT2D eigenvalue weighted by Crippen LogP contribution is -2.45. The number of hydrogen-bond donors (Lipinski definition) is 0. The molecule has 0 bridgehead atoms. The van der Waals surface area contributed by atoms with Crippen molar-refractivity contribution in [2.24, 2.45) is 0 Å². The first-order valence-corrected chi connectivity index (χ1v) is 6.95. The van der Waals surface area contributed by atoms with E-state index < -0.39 is 0 Å². The lowest BCUT2D eigenvalue weighted by atomic mass is 10.0. The van der Waals surface area contributed by atoms with E-state index in [1.165, 1.54) is 4.90 Å². The van der Waals surface area contributed by atoms with Crippen LogP contribution in [0.3, 0.4) is 0 Å². The molecule has 0 spiro atoms. The maximum atomic E-state index is 12.5. The van der Waals surface area contributed by atoms with Gasteiger partial charge in [0.25, 0.3) is 11.8 Å². The van der Waals surface area contributed by atoms with Crippen molar-refractivity contribution in [1.82, 2.24) is 9.80 Å². The fraction of sp³-hybridized carbons (Fsp3) is 0.400. The summed E-state index contributed by atoms with van der Waals surface area (Å²) in [7, 11) is 0. The van der Waals surface area contributed by atoms with Crippen LogP contribution in [0.5, 0.6) is 0 Å². The summed E-state index contributed by atoms with van der Waals surface area (Å²) in [4.78, 5) is 40.1. The first-order chi connectivity index (χ1) is 9.68. The molecule has 2 fully saturated rings. The summed E-state index contributed by atoms with van der Waals surface area (Å²) in [6, 6.07) is 6.60. The fourth-order valence-corrected chi connectivity index (χ4v) is 3.71.